The Hall–Kier alpha value is -2.30. The van der Waals surface area contributed by atoms with Crippen molar-refractivity contribution in [1.29, 1.82) is 0 Å². The van der Waals surface area contributed by atoms with E-state index in [-0.39, 0.29) is 11.6 Å². The molecule has 0 saturated carbocycles. The van der Waals surface area contributed by atoms with Gasteiger partial charge in [-0.3, -0.25) is 9.36 Å². The SMILES string of the molecule is CCC(CC(=O)Nc1cccc(-n2c(C)c[nH]c2=O)c1)C(C)C. The Morgan fingerprint density at radius 1 is 1.35 bits per heavy atom. The molecule has 0 aliphatic carbocycles. The highest BCUT2D eigenvalue weighted by molar-refractivity contribution is 5.91. The molecular weight excluding hydrogens is 290 g/mol. The number of H-pyrrole nitrogens is 1. The van der Waals surface area contributed by atoms with E-state index in [2.05, 4.69) is 31.1 Å². The molecule has 1 aromatic carbocycles. The second-order valence-corrected chi connectivity index (χ2v) is 6.29. The fourth-order valence-electron chi connectivity index (χ4n) is 2.80. The van der Waals surface area contributed by atoms with E-state index in [4.69, 9.17) is 0 Å². The third kappa shape index (κ3) is 4.12. The third-order valence-electron chi connectivity index (χ3n) is 4.26. The molecule has 0 bridgehead atoms. The Balaban J connectivity index is 2.15. The molecule has 23 heavy (non-hydrogen) atoms. The van der Waals surface area contributed by atoms with Gasteiger partial charge in [0.25, 0.3) is 0 Å². The number of aromatic nitrogens is 2. The summed E-state index contributed by atoms with van der Waals surface area (Å²) in [5.74, 6) is 0.881. The topological polar surface area (TPSA) is 66.9 Å². The highest BCUT2D eigenvalue weighted by Gasteiger charge is 2.16. The number of nitrogens with zero attached hydrogens (tertiary/aromatic N) is 1. The van der Waals surface area contributed by atoms with E-state index >= 15 is 0 Å². The maximum Gasteiger partial charge on any atom is 0.330 e. The number of carbonyl (C=O) groups is 1. The van der Waals surface area contributed by atoms with E-state index in [1.165, 1.54) is 0 Å². The molecule has 1 atom stereocenters. The van der Waals surface area contributed by atoms with Crippen molar-refractivity contribution in [3.05, 3.63) is 46.6 Å². The van der Waals surface area contributed by atoms with Crippen LogP contribution in [-0.4, -0.2) is 15.5 Å². The maximum absolute atomic E-state index is 12.2. The highest BCUT2D eigenvalue weighted by Crippen LogP contribution is 2.20. The summed E-state index contributed by atoms with van der Waals surface area (Å²) in [5.41, 5.74) is 2.09. The summed E-state index contributed by atoms with van der Waals surface area (Å²) >= 11 is 0. The summed E-state index contributed by atoms with van der Waals surface area (Å²) in [6.45, 7) is 8.25. The molecule has 2 N–H and O–H groups in total. The Kier molecular flexibility index (Phi) is 5.42. The minimum absolute atomic E-state index is 0.0147. The molecule has 124 valence electrons. The van der Waals surface area contributed by atoms with Crippen LogP contribution < -0.4 is 11.0 Å². The van der Waals surface area contributed by atoms with Gasteiger partial charge in [-0.25, -0.2) is 4.79 Å². The minimum Gasteiger partial charge on any atom is -0.326 e. The smallest absolute Gasteiger partial charge is 0.326 e. The van der Waals surface area contributed by atoms with Crippen LogP contribution in [0.1, 0.15) is 39.3 Å². The number of nitrogens with one attached hydrogen (secondary N) is 2. The molecule has 2 aromatic rings. The van der Waals surface area contributed by atoms with Gasteiger partial charge in [-0.1, -0.05) is 33.3 Å². The number of hydrogen-bond donors (Lipinski definition) is 2. The molecule has 0 aliphatic rings. The fraction of sp³-hybridized carbons (Fsp3) is 0.444. The first-order valence-corrected chi connectivity index (χ1v) is 8.09. The van der Waals surface area contributed by atoms with Crippen molar-refractivity contribution >= 4 is 11.6 Å². The Labute approximate surface area is 136 Å². The average molecular weight is 315 g/mol. The number of rotatable bonds is 6. The summed E-state index contributed by atoms with van der Waals surface area (Å²) < 4.78 is 1.58. The van der Waals surface area contributed by atoms with Crippen LogP contribution in [0.4, 0.5) is 5.69 Å². The zero-order valence-electron chi connectivity index (χ0n) is 14.2. The molecule has 0 radical (unpaired) electrons. The van der Waals surface area contributed by atoms with Gasteiger partial charge in [0.2, 0.25) is 5.91 Å². The van der Waals surface area contributed by atoms with Crippen LogP contribution in [0.25, 0.3) is 5.69 Å². The summed E-state index contributed by atoms with van der Waals surface area (Å²) in [6, 6.07) is 7.34. The molecule has 5 heteroatoms. The minimum atomic E-state index is -0.183. The number of aryl methyl sites for hydroxylation is 1. The summed E-state index contributed by atoms with van der Waals surface area (Å²) in [6.07, 6.45) is 3.17. The lowest BCUT2D eigenvalue weighted by atomic mass is 9.90. The molecule has 1 heterocycles. The van der Waals surface area contributed by atoms with Crippen molar-refractivity contribution in [2.24, 2.45) is 11.8 Å². The van der Waals surface area contributed by atoms with Gasteiger partial charge in [-0.15, -0.1) is 0 Å². The molecule has 1 aromatic heterocycles. The number of carbonyl (C=O) groups excluding carboxylic acids is 1. The first kappa shape index (κ1) is 17.1. The normalized spacial score (nSPS) is 12.4. The quantitative estimate of drug-likeness (QED) is 0.857. The van der Waals surface area contributed by atoms with Crippen LogP contribution in [0.3, 0.4) is 0 Å². The van der Waals surface area contributed by atoms with Gasteiger partial charge in [0.1, 0.15) is 0 Å². The number of anilines is 1. The summed E-state index contributed by atoms with van der Waals surface area (Å²) in [4.78, 5) is 26.7. The largest absolute Gasteiger partial charge is 0.330 e. The van der Waals surface area contributed by atoms with Crippen molar-refractivity contribution in [2.45, 2.75) is 40.5 Å². The van der Waals surface area contributed by atoms with E-state index in [0.29, 0.717) is 23.9 Å². The van der Waals surface area contributed by atoms with Gasteiger partial charge in [0.05, 0.1) is 5.69 Å². The van der Waals surface area contributed by atoms with E-state index in [1.54, 1.807) is 10.8 Å². The van der Waals surface area contributed by atoms with E-state index in [1.807, 2.05) is 31.2 Å². The van der Waals surface area contributed by atoms with Crippen molar-refractivity contribution in [2.75, 3.05) is 5.32 Å². The molecule has 5 nitrogen and oxygen atoms in total. The first-order chi connectivity index (χ1) is 10.9. The van der Waals surface area contributed by atoms with Crippen LogP contribution in [0, 0.1) is 18.8 Å². The molecule has 0 saturated heterocycles. The first-order valence-electron chi connectivity index (χ1n) is 8.09. The number of benzene rings is 1. The highest BCUT2D eigenvalue weighted by atomic mass is 16.2. The summed E-state index contributed by atoms with van der Waals surface area (Å²) in [5, 5.41) is 2.94. The number of hydrogen-bond acceptors (Lipinski definition) is 2. The van der Waals surface area contributed by atoms with E-state index < -0.39 is 0 Å². The van der Waals surface area contributed by atoms with Crippen LogP contribution in [0.5, 0.6) is 0 Å². The third-order valence-corrected chi connectivity index (χ3v) is 4.26. The summed E-state index contributed by atoms with van der Waals surface area (Å²) in [7, 11) is 0. The predicted molar refractivity (Wildman–Crippen MR) is 93.0 cm³/mol. The van der Waals surface area contributed by atoms with Crippen molar-refractivity contribution in [3.63, 3.8) is 0 Å². The monoisotopic (exact) mass is 315 g/mol. The second-order valence-electron chi connectivity index (χ2n) is 6.29. The van der Waals surface area contributed by atoms with Gasteiger partial charge in [0, 0.05) is 24.0 Å². The van der Waals surface area contributed by atoms with E-state index in [9.17, 15) is 9.59 Å². The van der Waals surface area contributed by atoms with Gasteiger partial charge in [-0.05, 0) is 37.0 Å². The van der Waals surface area contributed by atoms with E-state index in [0.717, 1.165) is 17.8 Å². The standard InChI is InChI=1S/C18H25N3O2/c1-5-14(12(2)3)9-17(22)20-15-7-6-8-16(10-15)21-13(4)11-19-18(21)23/h6-8,10-12,14H,5,9H2,1-4H3,(H,19,23)(H,20,22). The zero-order chi connectivity index (χ0) is 17.0. The van der Waals surface area contributed by atoms with Crippen molar-refractivity contribution < 1.29 is 4.79 Å². The lowest BCUT2D eigenvalue weighted by Gasteiger charge is -2.18. The number of imidazole rings is 1. The Morgan fingerprint density at radius 3 is 2.65 bits per heavy atom. The molecule has 0 aliphatic heterocycles. The number of amides is 1. The average Bonchev–Trinajstić information content (AvgIpc) is 2.83. The molecule has 2 rings (SSSR count). The number of aromatic amines is 1. The molecular formula is C18H25N3O2. The van der Waals surface area contributed by atoms with Gasteiger partial charge >= 0.3 is 5.69 Å². The zero-order valence-corrected chi connectivity index (χ0v) is 14.2. The Bertz CT molecular complexity index is 728. The van der Waals surface area contributed by atoms with Crippen LogP contribution >= 0.6 is 0 Å². The molecule has 1 unspecified atom stereocenters. The fourth-order valence-corrected chi connectivity index (χ4v) is 2.80. The Morgan fingerprint density at radius 2 is 2.09 bits per heavy atom. The molecule has 0 fully saturated rings. The van der Waals surface area contributed by atoms with Gasteiger partial charge in [-0.2, -0.15) is 0 Å². The molecule has 1 amide bonds. The van der Waals surface area contributed by atoms with Crippen LogP contribution in [0.15, 0.2) is 35.3 Å². The molecule has 0 spiro atoms. The van der Waals surface area contributed by atoms with Crippen molar-refractivity contribution in [1.82, 2.24) is 9.55 Å². The lowest BCUT2D eigenvalue weighted by molar-refractivity contribution is -0.117. The predicted octanol–water partition coefficient (Wildman–Crippen LogP) is 3.48. The lowest BCUT2D eigenvalue weighted by Crippen LogP contribution is -2.20. The van der Waals surface area contributed by atoms with Gasteiger partial charge in [0.15, 0.2) is 0 Å². The maximum atomic E-state index is 12.2. The van der Waals surface area contributed by atoms with Crippen LogP contribution in [-0.2, 0) is 4.79 Å². The van der Waals surface area contributed by atoms with Gasteiger partial charge < -0.3 is 10.3 Å². The van der Waals surface area contributed by atoms with Crippen LogP contribution in [0.2, 0.25) is 0 Å². The second kappa shape index (κ2) is 7.31. The van der Waals surface area contributed by atoms with Crippen molar-refractivity contribution in [3.8, 4) is 5.69 Å².